The average molecular weight is 249 g/mol. The number of carbonyl (C=O) groups is 1. The summed E-state index contributed by atoms with van der Waals surface area (Å²) in [6.45, 7) is 3.13. The largest absolute Gasteiger partial charge is 0.454 e. The van der Waals surface area contributed by atoms with Crippen LogP contribution in [0.2, 0.25) is 0 Å². The Morgan fingerprint density at radius 1 is 1.33 bits per heavy atom. The maximum absolute atomic E-state index is 11.7. The lowest BCUT2D eigenvalue weighted by Gasteiger charge is -2.13. The zero-order valence-corrected chi connectivity index (χ0v) is 10.2. The summed E-state index contributed by atoms with van der Waals surface area (Å²) in [5, 5.41) is 0. The first-order valence-corrected chi connectivity index (χ1v) is 6.03. The van der Waals surface area contributed by atoms with Crippen LogP contribution in [0, 0.1) is 0 Å². The molecule has 0 bridgehead atoms. The van der Waals surface area contributed by atoms with Crippen molar-refractivity contribution in [1.29, 1.82) is 0 Å². The number of hydrogen-bond donors (Lipinski definition) is 0. The normalized spacial score (nSPS) is 21.7. The minimum atomic E-state index is -0.304. The fourth-order valence-electron chi connectivity index (χ4n) is 2.13. The lowest BCUT2D eigenvalue weighted by molar-refractivity contribution is -0.129. The van der Waals surface area contributed by atoms with Gasteiger partial charge in [0.15, 0.2) is 11.5 Å². The second kappa shape index (κ2) is 4.49. The maximum Gasteiger partial charge on any atom is 0.253 e. The molecular formula is C13H15NO4. The molecule has 0 N–H and O–H groups in total. The minimum absolute atomic E-state index is 0.0655. The SMILES string of the molecule is C[C@H]1OCN(CCc2ccc3c(c2)OCO3)C1=O. The first-order valence-electron chi connectivity index (χ1n) is 6.03. The molecule has 1 atom stereocenters. The van der Waals surface area contributed by atoms with Crippen molar-refractivity contribution in [2.45, 2.75) is 19.4 Å². The molecule has 3 rings (SSSR count). The molecule has 0 aromatic heterocycles. The predicted molar refractivity (Wildman–Crippen MR) is 63.4 cm³/mol. The molecule has 1 fully saturated rings. The van der Waals surface area contributed by atoms with Crippen LogP contribution in [-0.2, 0) is 16.0 Å². The van der Waals surface area contributed by atoms with Gasteiger partial charge < -0.3 is 19.1 Å². The Kier molecular flexibility index (Phi) is 2.83. The van der Waals surface area contributed by atoms with E-state index in [4.69, 9.17) is 14.2 Å². The third-order valence-electron chi connectivity index (χ3n) is 3.25. The first-order chi connectivity index (χ1) is 8.74. The summed E-state index contributed by atoms with van der Waals surface area (Å²) in [7, 11) is 0. The van der Waals surface area contributed by atoms with Crippen molar-refractivity contribution < 1.29 is 19.0 Å². The molecule has 1 saturated heterocycles. The van der Waals surface area contributed by atoms with Gasteiger partial charge in [0.1, 0.15) is 12.8 Å². The molecule has 0 spiro atoms. The topological polar surface area (TPSA) is 48.0 Å². The van der Waals surface area contributed by atoms with E-state index in [2.05, 4.69) is 0 Å². The molecule has 2 aliphatic rings. The zero-order valence-electron chi connectivity index (χ0n) is 10.2. The van der Waals surface area contributed by atoms with E-state index >= 15 is 0 Å². The molecule has 0 radical (unpaired) electrons. The second-order valence-electron chi connectivity index (χ2n) is 4.48. The van der Waals surface area contributed by atoms with Crippen molar-refractivity contribution in [3.63, 3.8) is 0 Å². The predicted octanol–water partition coefficient (Wildman–Crippen LogP) is 1.16. The molecule has 2 aliphatic heterocycles. The van der Waals surface area contributed by atoms with Crippen LogP contribution in [0.25, 0.3) is 0 Å². The van der Waals surface area contributed by atoms with Crippen LogP contribution in [0.3, 0.4) is 0 Å². The van der Waals surface area contributed by atoms with Crippen molar-refractivity contribution in [3.05, 3.63) is 23.8 Å². The summed E-state index contributed by atoms with van der Waals surface area (Å²) in [5.41, 5.74) is 1.13. The number of fused-ring (bicyclic) bond motifs is 1. The summed E-state index contributed by atoms with van der Waals surface area (Å²) in [5.74, 6) is 1.63. The number of nitrogens with zero attached hydrogens (tertiary/aromatic N) is 1. The number of ether oxygens (including phenoxy) is 3. The smallest absolute Gasteiger partial charge is 0.253 e. The van der Waals surface area contributed by atoms with E-state index < -0.39 is 0 Å². The van der Waals surface area contributed by atoms with Crippen LogP contribution >= 0.6 is 0 Å². The monoisotopic (exact) mass is 249 g/mol. The van der Waals surface area contributed by atoms with E-state index in [1.807, 2.05) is 18.2 Å². The van der Waals surface area contributed by atoms with Crippen LogP contribution in [-0.4, -0.2) is 37.0 Å². The Hall–Kier alpha value is -1.75. The lowest BCUT2D eigenvalue weighted by Crippen LogP contribution is -2.30. The van der Waals surface area contributed by atoms with E-state index in [0.29, 0.717) is 13.3 Å². The van der Waals surface area contributed by atoms with Crippen LogP contribution in [0.15, 0.2) is 18.2 Å². The Morgan fingerprint density at radius 3 is 2.94 bits per heavy atom. The minimum Gasteiger partial charge on any atom is -0.454 e. The fourth-order valence-corrected chi connectivity index (χ4v) is 2.13. The molecule has 1 aromatic carbocycles. The standard InChI is InChI=1S/C13H15NO4/c1-9-13(15)14(7-16-9)5-4-10-2-3-11-12(6-10)18-8-17-11/h2-3,6,9H,4-5,7-8H2,1H3/t9-/m1/s1. The molecule has 1 aromatic rings. The summed E-state index contributed by atoms with van der Waals surface area (Å²) in [6.07, 6.45) is 0.486. The fraction of sp³-hybridized carbons (Fsp3) is 0.462. The maximum atomic E-state index is 11.7. The molecule has 5 nitrogen and oxygen atoms in total. The third-order valence-corrected chi connectivity index (χ3v) is 3.25. The van der Waals surface area contributed by atoms with E-state index in [0.717, 1.165) is 23.5 Å². The molecule has 0 aliphatic carbocycles. The van der Waals surface area contributed by atoms with Gasteiger partial charge in [-0.25, -0.2) is 0 Å². The van der Waals surface area contributed by atoms with E-state index in [9.17, 15) is 4.79 Å². The van der Waals surface area contributed by atoms with Crippen LogP contribution < -0.4 is 9.47 Å². The van der Waals surface area contributed by atoms with Gasteiger partial charge >= 0.3 is 0 Å². The van der Waals surface area contributed by atoms with Crippen molar-refractivity contribution in [2.24, 2.45) is 0 Å². The highest BCUT2D eigenvalue weighted by Gasteiger charge is 2.28. The summed E-state index contributed by atoms with van der Waals surface area (Å²) < 4.78 is 15.8. The first kappa shape index (κ1) is 11.3. The van der Waals surface area contributed by atoms with Crippen LogP contribution in [0.4, 0.5) is 0 Å². The van der Waals surface area contributed by atoms with Gasteiger partial charge in [-0.15, -0.1) is 0 Å². The number of benzene rings is 1. The molecule has 18 heavy (non-hydrogen) atoms. The highest BCUT2D eigenvalue weighted by molar-refractivity contribution is 5.81. The van der Waals surface area contributed by atoms with E-state index in [1.54, 1.807) is 11.8 Å². The molecule has 0 saturated carbocycles. The van der Waals surface area contributed by atoms with Crippen molar-refractivity contribution in [2.75, 3.05) is 20.1 Å². The molecule has 2 heterocycles. The number of amides is 1. The molecular weight excluding hydrogens is 234 g/mol. The molecule has 5 heteroatoms. The van der Waals surface area contributed by atoms with Crippen molar-refractivity contribution in [1.82, 2.24) is 4.90 Å². The zero-order chi connectivity index (χ0) is 12.5. The second-order valence-corrected chi connectivity index (χ2v) is 4.48. The van der Waals surface area contributed by atoms with Gasteiger partial charge in [-0.05, 0) is 31.0 Å². The lowest BCUT2D eigenvalue weighted by atomic mass is 10.1. The van der Waals surface area contributed by atoms with Crippen molar-refractivity contribution >= 4 is 5.91 Å². The Labute approximate surface area is 105 Å². The summed E-state index contributed by atoms with van der Waals surface area (Å²) in [6, 6.07) is 5.87. The number of rotatable bonds is 3. The summed E-state index contributed by atoms with van der Waals surface area (Å²) >= 11 is 0. The highest BCUT2D eigenvalue weighted by atomic mass is 16.7. The quantitative estimate of drug-likeness (QED) is 0.806. The van der Waals surface area contributed by atoms with Gasteiger partial charge in [0.05, 0.1) is 0 Å². The van der Waals surface area contributed by atoms with Gasteiger partial charge in [0, 0.05) is 6.54 Å². The number of carbonyl (C=O) groups excluding carboxylic acids is 1. The third kappa shape index (κ3) is 2.01. The Morgan fingerprint density at radius 2 is 2.17 bits per heavy atom. The van der Waals surface area contributed by atoms with Crippen LogP contribution in [0.5, 0.6) is 11.5 Å². The highest BCUT2D eigenvalue weighted by Crippen LogP contribution is 2.32. The number of hydrogen-bond acceptors (Lipinski definition) is 4. The summed E-state index contributed by atoms with van der Waals surface area (Å²) in [4.78, 5) is 13.4. The van der Waals surface area contributed by atoms with Gasteiger partial charge in [0.25, 0.3) is 5.91 Å². The van der Waals surface area contributed by atoms with Crippen LogP contribution in [0.1, 0.15) is 12.5 Å². The average Bonchev–Trinajstić information content (AvgIpc) is 2.96. The Bertz CT molecular complexity index is 474. The van der Waals surface area contributed by atoms with Gasteiger partial charge in [-0.2, -0.15) is 0 Å². The van der Waals surface area contributed by atoms with Crippen molar-refractivity contribution in [3.8, 4) is 11.5 Å². The van der Waals surface area contributed by atoms with E-state index in [-0.39, 0.29) is 18.8 Å². The molecule has 1 amide bonds. The van der Waals surface area contributed by atoms with Gasteiger partial charge in [-0.1, -0.05) is 6.07 Å². The molecule has 0 unspecified atom stereocenters. The van der Waals surface area contributed by atoms with E-state index in [1.165, 1.54) is 0 Å². The Balaban J connectivity index is 1.62. The van der Waals surface area contributed by atoms with Gasteiger partial charge in [-0.3, -0.25) is 4.79 Å². The molecule has 96 valence electrons. The van der Waals surface area contributed by atoms with Gasteiger partial charge in [0.2, 0.25) is 6.79 Å².